The maximum atomic E-state index is 12.4. The van der Waals surface area contributed by atoms with E-state index in [1.165, 1.54) is 6.92 Å². The van der Waals surface area contributed by atoms with Gasteiger partial charge in [0, 0.05) is 12.3 Å². The van der Waals surface area contributed by atoms with E-state index in [9.17, 15) is 14.7 Å². The maximum Gasteiger partial charge on any atom is 1.00 e. The zero-order valence-electron chi connectivity index (χ0n) is 14.7. The van der Waals surface area contributed by atoms with Crippen molar-refractivity contribution in [1.29, 1.82) is 0 Å². The second-order valence-corrected chi connectivity index (χ2v) is 5.52. The van der Waals surface area contributed by atoms with E-state index in [2.05, 4.69) is 0 Å². The first-order valence-corrected chi connectivity index (χ1v) is 7.37. The zero-order valence-corrected chi connectivity index (χ0v) is 16.8. The first kappa shape index (κ1) is 19.1. The monoisotopic (exact) mass is 348 g/mol. The third-order valence-corrected chi connectivity index (χ3v) is 3.86. The summed E-state index contributed by atoms with van der Waals surface area (Å²) in [5.74, 6) is -0.715. The fourth-order valence-electron chi connectivity index (χ4n) is 2.81. The molecular formula is C19H17KO4. The fourth-order valence-corrected chi connectivity index (χ4v) is 2.81. The normalized spacial score (nSPS) is 11.7. The van der Waals surface area contributed by atoms with Crippen molar-refractivity contribution < 1.29 is 67.1 Å². The molecule has 0 spiro atoms. The number of benzene rings is 2. The first-order valence-electron chi connectivity index (χ1n) is 7.37. The fraction of sp³-hybridized carbons (Fsp3) is 0.158. The van der Waals surface area contributed by atoms with E-state index in [1.807, 2.05) is 30.3 Å². The number of hydrogen-bond donors (Lipinski definition) is 1. The number of Topliss-reactive ketones (excluding diaryl/α,β-unsaturated/α-hetero) is 1. The molecule has 0 saturated carbocycles. The van der Waals surface area contributed by atoms with Gasteiger partial charge in [0.1, 0.15) is 17.1 Å². The molecule has 2 aromatic carbocycles. The summed E-state index contributed by atoms with van der Waals surface area (Å²) in [6.45, 7) is 1.47. The Morgan fingerprint density at radius 1 is 1.12 bits per heavy atom. The molecule has 0 fully saturated rings. The Morgan fingerprint density at radius 2 is 1.75 bits per heavy atom. The molecule has 0 amide bonds. The van der Waals surface area contributed by atoms with Crippen molar-refractivity contribution >= 4 is 16.8 Å². The molecule has 0 radical (unpaired) electrons. The van der Waals surface area contributed by atoms with Gasteiger partial charge in [0.25, 0.3) is 0 Å². The van der Waals surface area contributed by atoms with Crippen molar-refractivity contribution in [3.8, 4) is 5.75 Å². The van der Waals surface area contributed by atoms with Gasteiger partial charge in [0.2, 0.25) is 0 Å². The van der Waals surface area contributed by atoms with Gasteiger partial charge in [-0.05, 0) is 24.6 Å². The van der Waals surface area contributed by atoms with Crippen LogP contribution in [0.1, 0.15) is 31.8 Å². The Bertz CT molecular complexity index is 922. The summed E-state index contributed by atoms with van der Waals surface area (Å²) in [5, 5.41) is 11.1. The van der Waals surface area contributed by atoms with Gasteiger partial charge in [-0.3, -0.25) is 4.79 Å². The molecule has 1 unspecified atom stereocenters. The van der Waals surface area contributed by atoms with Crippen LogP contribution < -0.4 is 57.0 Å². The van der Waals surface area contributed by atoms with E-state index < -0.39 is 11.5 Å². The Hall–Kier alpha value is -1.24. The van der Waals surface area contributed by atoms with Crippen molar-refractivity contribution in [2.24, 2.45) is 0 Å². The summed E-state index contributed by atoms with van der Waals surface area (Å²) in [4.78, 5) is 24.1. The number of rotatable bonds is 4. The van der Waals surface area contributed by atoms with Gasteiger partial charge in [0.15, 0.2) is 0 Å². The van der Waals surface area contributed by atoms with E-state index in [0.717, 1.165) is 5.56 Å². The molecule has 4 nitrogen and oxygen atoms in total. The van der Waals surface area contributed by atoms with Gasteiger partial charge in [-0.1, -0.05) is 42.5 Å². The third kappa shape index (κ3) is 3.87. The number of carbonyl (C=O) groups excluding carboxylic acids is 1. The Balaban J connectivity index is 0.00000156. The molecule has 0 saturated heterocycles. The molecule has 0 bridgehead atoms. The summed E-state index contributed by atoms with van der Waals surface area (Å²) in [5.41, 5.74) is 0.635. The van der Waals surface area contributed by atoms with E-state index in [-0.39, 0.29) is 76.3 Å². The molecule has 0 aliphatic rings. The minimum absolute atomic E-state index is 0. The van der Waals surface area contributed by atoms with E-state index in [4.69, 9.17) is 4.42 Å². The SMILES string of the molecule is CC(=O)CC(c1ccccc1)c1c(O)c2ccccc2oc1=O.[H-].[K+]. The summed E-state index contributed by atoms with van der Waals surface area (Å²) < 4.78 is 5.33. The number of carbonyl (C=O) groups is 1. The maximum absolute atomic E-state index is 12.4. The summed E-state index contributed by atoms with van der Waals surface area (Å²) in [7, 11) is 0. The molecule has 1 N–H and O–H groups in total. The molecule has 1 heterocycles. The van der Waals surface area contributed by atoms with Gasteiger partial charge in [-0.2, -0.15) is 0 Å². The van der Waals surface area contributed by atoms with Gasteiger partial charge >= 0.3 is 57.0 Å². The number of hydrogen-bond acceptors (Lipinski definition) is 4. The average molecular weight is 348 g/mol. The van der Waals surface area contributed by atoms with Crippen LogP contribution >= 0.6 is 0 Å². The number of fused-ring (bicyclic) bond motifs is 1. The van der Waals surface area contributed by atoms with Crippen LogP contribution in [0.2, 0.25) is 0 Å². The Kier molecular flexibility index (Phi) is 6.54. The van der Waals surface area contributed by atoms with Crippen LogP contribution in [0.3, 0.4) is 0 Å². The second-order valence-electron chi connectivity index (χ2n) is 5.52. The molecular weight excluding hydrogens is 331 g/mol. The van der Waals surface area contributed by atoms with Crippen molar-refractivity contribution in [2.75, 3.05) is 0 Å². The number of para-hydroxylation sites is 1. The van der Waals surface area contributed by atoms with Crippen molar-refractivity contribution in [3.05, 3.63) is 76.1 Å². The Morgan fingerprint density at radius 3 is 2.42 bits per heavy atom. The minimum Gasteiger partial charge on any atom is -1.00 e. The van der Waals surface area contributed by atoms with Gasteiger partial charge in [0.05, 0.1) is 10.9 Å². The van der Waals surface area contributed by atoms with Crippen LogP contribution in [-0.4, -0.2) is 10.9 Å². The summed E-state index contributed by atoms with van der Waals surface area (Å²) in [6.07, 6.45) is 0.126. The predicted octanol–water partition coefficient (Wildman–Crippen LogP) is 0.726. The molecule has 24 heavy (non-hydrogen) atoms. The Labute approximate surface area is 183 Å². The largest absolute Gasteiger partial charge is 1.00 e. The second kappa shape index (κ2) is 8.23. The van der Waals surface area contributed by atoms with E-state index >= 15 is 0 Å². The number of ketones is 1. The van der Waals surface area contributed by atoms with E-state index in [0.29, 0.717) is 11.0 Å². The zero-order chi connectivity index (χ0) is 16.4. The van der Waals surface area contributed by atoms with Crippen LogP contribution in [0.4, 0.5) is 0 Å². The van der Waals surface area contributed by atoms with Crippen molar-refractivity contribution in [2.45, 2.75) is 19.3 Å². The van der Waals surface area contributed by atoms with Crippen LogP contribution in [0.25, 0.3) is 11.0 Å². The minimum atomic E-state index is -0.615. The predicted molar refractivity (Wildman–Crippen MR) is 88.8 cm³/mol. The topological polar surface area (TPSA) is 67.5 Å². The number of aromatic hydroxyl groups is 1. The average Bonchev–Trinajstić information content (AvgIpc) is 2.54. The van der Waals surface area contributed by atoms with Crippen molar-refractivity contribution in [3.63, 3.8) is 0 Å². The molecule has 3 rings (SSSR count). The molecule has 3 aromatic rings. The van der Waals surface area contributed by atoms with Gasteiger partial charge < -0.3 is 11.0 Å². The molecule has 0 aliphatic carbocycles. The molecule has 0 aliphatic heterocycles. The van der Waals surface area contributed by atoms with Crippen LogP contribution in [-0.2, 0) is 4.79 Å². The molecule has 1 atom stereocenters. The van der Waals surface area contributed by atoms with E-state index in [1.54, 1.807) is 24.3 Å². The first-order chi connectivity index (χ1) is 11.1. The molecule has 118 valence electrons. The molecule has 1 aromatic heterocycles. The van der Waals surface area contributed by atoms with Crippen LogP contribution in [0.5, 0.6) is 5.75 Å². The standard InChI is InChI=1S/C19H16O4.K.H/c1-12(20)11-15(13-7-3-2-4-8-13)17-18(21)14-9-5-6-10-16(14)23-19(17)22;;/h2-10,15,21H,11H2,1H3;;/q;+1;-1. The van der Waals surface area contributed by atoms with Gasteiger partial charge in [-0.25, -0.2) is 4.79 Å². The smallest absolute Gasteiger partial charge is 1.00 e. The van der Waals surface area contributed by atoms with Crippen LogP contribution in [0.15, 0.2) is 63.8 Å². The summed E-state index contributed by atoms with van der Waals surface area (Å²) >= 11 is 0. The van der Waals surface area contributed by atoms with Crippen molar-refractivity contribution in [1.82, 2.24) is 0 Å². The quantitative estimate of drug-likeness (QED) is 0.557. The summed E-state index contributed by atoms with van der Waals surface area (Å²) in [6, 6.07) is 16.0. The third-order valence-electron chi connectivity index (χ3n) is 3.86. The molecule has 5 heteroatoms. The van der Waals surface area contributed by atoms with Gasteiger partial charge in [-0.15, -0.1) is 0 Å². The van der Waals surface area contributed by atoms with Crippen LogP contribution in [0, 0.1) is 0 Å².